The van der Waals surface area contributed by atoms with Gasteiger partial charge in [-0.15, -0.1) is 0 Å². The highest BCUT2D eigenvalue weighted by molar-refractivity contribution is 7.16. The highest BCUT2D eigenvalue weighted by atomic mass is 31.1. The van der Waals surface area contributed by atoms with Crippen molar-refractivity contribution in [2.24, 2.45) is 5.73 Å². The molecule has 0 saturated heterocycles. The highest BCUT2D eigenvalue weighted by Gasteiger charge is 1.45. The fourth-order valence-electron chi connectivity index (χ4n) is 0. The molecular formula is CH7NO2P+. The van der Waals surface area contributed by atoms with Crippen LogP contribution in [0.1, 0.15) is 0 Å². The van der Waals surface area contributed by atoms with Gasteiger partial charge in [-0.05, 0) is 11.6 Å². The van der Waals surface area contributed by atoms with E-state index in [2.05, 4.69) is 5.73 Å². The summed E-state index contributed by atoms with van der Waals surface area (Å²) in [6.07, 6.45) is 0. The lowest BCUT2D eigenvalue weighted by Crippen LogP contribution is -1.69. The monoisotopic (exact) mass is 96.0 g/mol. The average Bonchev–Trinajstić information content (AvgIpc) is 1.46. The van der Waals surface area contributed by atoms with Gasteiger partial charge in [0.05, 0.1) is 0 Å². The Bertz CT molecular complexity index is 17.1. The normalized spacial score (nSPS) is 5.40. The Morgan fingerprint density at radius 1 is 1.80 bits per heavy atom. The van der Waals surface area contributed by atoms with Crippen molar-refractivity contribution in [1.29, 1.82) is 0 Å². The van der Waals surface area contributed by atoms with Gasteiger partial charge in [0, 0.05) is 0 Å². The van der Waals surface area contributed by atoms with Gasteiger partial charge >= 0.3 is 8.69 Å². The summed E-state index contributed by atoms with van der Waals surface area (Å²) in [6.45, 7) is 0. The van der Waals surface area contributed by atoms with Gasteiger partial charge in [-0.25, -0.2) is 0 Å². The Kier molecular flexibility index (Phi) is 62.7. The van der Waals surface area contributed by atoms with Crippen molar-refractivity contribution < 1.29 is 9.46 Å². The molecule has 0 fully saturated rings. The Balaban J connectivity index is 0. The van der Waals surface area contributed by atoms with Crippen LogP contribution in [0.4, 0.5) is 0 Å². The summed E-state index contributed by atoms with van der Waals surface area (Å²) < 4.78 is 8.51. The van der Waals surface area contributed by atoms with Crippen molar-refractivity contribution in [3.63, 3.8) is 0 Å². The van der Waals surface area contributed by atoms with Gasteiger partial charge in [0.25, 0.3) is 0 Å². The third-order valence-electron chi connectivity index (χ3n) is 0. The van der Waals surface area contributed by atoms with E-state index in [1.807, 2.05) is 0 Å². The third-order valence-corrected chi connectivity index (χ3v) is 0. The van der Waals surface area contributed by atoms with Crippen molar-refractivity contribution >= 4 is 8.69 Å². The van der Waals surface area contributed by atoms with E-state index >= 15 is 0 Å². The number of hydrogen-bond donors (Lipinski definition) is 2. The standard InChI is InChI=1S/CH5N.HO2P/c1-2;1-3-2/h2H2,1H3;3H/p+1. The summed E-state index contributed by atoms with van der Waals surface area (Å²) in [7, 11) is 0.333. The molecule has 0 aromatic carbocycles. The smallest absolute Gasteiger partial charge is 0.333 e. The van der Waals surface area contributed by atoms with Crippen LogP contribution in [0.25, 0.3) is 0 Å². The van der Waals surface area contributed by atoms with Gasteiger partial charge in [0.2, 0.25) is 0 Å². The van der Waals surface area contributed by atoms with E-state index in [4.69, 9.17) is 9.46 Å². The van der Waals surface area contributed by atoms with Crippen molar-refractivity contribution in [3.8, 4) is 0 Å². The van der Waals surface area contributed by atoms with E-state index in [0.29, 0.717) is 0 Å². The number of hydrogen-bond acceptors (Lipinski definition) is 2. The largest absolute Gasteiger partial charge is 0.491 e. The summed E-state index contributed by atoms with van der Waals surface area (Å²) in [4.78, 5) is 7.04. The van der Waals surface area contributed by atoms with Crippen LogP contribution in [0.3, 0.4) is 0 Å². The molecule has 0 heterocycles. The lowest BCUT2D eigenvalue weighted by molar-refractivity contribution is 0.524. The first-order valence-corrected chi connectivity index (χ1v) is 1.86. The number of nitrogens with two attached hydrogens (primary N) is 1. The molecule has 5 heavy (non-hydrogen) atoms. The minimum Gasteiger partial charge on any atom is -0.333 e. The summed E-state index contributed by atoms with van der Waals surface area (Å²) in [5.41, 5.74) is 4.50. The Labute approximate surface area is 32.1 Å². The molecule has 0 saturated carbocycles. The first kappa shape index (κ1) is 8.89. The first-order valence-electron chi connectivity index (χ1n) is 1.01. The summed E-state index contributed by atoms with van der Waals surface area (Å²) in [5, 5.41) is 0. The molecule has 1 atom stereocenters. The summed E-state index contributed by atoms with van der Waals surface area (Å²) in [5.74, 6) is 0. The van der Waals surface area contributed by atoms with Crippen molar-refractivity contribution in [2.75, 3.05) is 7.05 Å². The second kappa shape index (κ2) is 35.2. The minimum atomic E-state index is -1.17. The van der Waals surface area contributed by atoms with E-state index in [1.165, 1.54) is 7.05 Å². The van der Waals surface area contributed by atoms with Crippen LogP contribution in [0.15, 0.2) is 0 Å². The van der Waals surface area contributed by atoms with Crippen LogP contribution < -0.4 is 5.73 Å². The van der Waals surface area contributed by atoms with Crippen LogP contribution in [-0.2, 0) is 4.57 Å². The molecule has 0 bridgehead atoms. The molecule has 1 unspecified atom stereocenters. The maximum absolute atomic E-state index is 8.51. The molecule has 3 nitrogen and oxygen atoms in total. The van der Waals surface area contributed by atoms with Crippen LogP contribution in [0, 0.1) is 0 Å². The molecule has 0 rings (SSSR count). The van der Waals surface area contributed by atoms with Gasteiger partial charge in [-0.3, -0.25) is 0 Å². The van der Waals surface area contributed by atoms with E-state index < -0.39 is 8.69 Å². The first-order chi connectivity index (χ1) is 2.41. The zero-order valence-corrected chi connectivity index (χ0v) is 3.93. The van der Waals surface area contributed by atoms with Gasteiger partial charge in [-0.2, -0.15) is 4.89 Å². The SMILES string of the molecule is CN.O=[PH+]O. The molecule has 0 amide bonds. The summed E-state index contributed by atoms with van der Waals surface area (Å²) >= 11 is 0. The van der Waals surface area contributed by atoms with E-state index in [0.717, 1.165) is 0 Å². The van der Waals surface area contributed by atoms with Crippen LogP contribution in [0.5, 0.6) is 0 Å². The molecule has 0 aliphatic heterocycles. The van der Waals surface area contributed by atoms with Crippen molar-refractivity contribution in [3.05, 3.63) is 0 Å². The topological polar surface area (TPSA) is 63.3 Å². The third kappa shape index (κ3) is 41000. The molecule has 0 radical (unpaired) electrons. The molecule has 0 aromatic rings. The molecule has 4 heteroatoms. The Morgan fingerprint density at radius 2 is 1.80 bits per heavy atom. The van der Waals surface area contributed by atoms with E-state index in [-0.39, 0.29) is 0 Å². The number of rotatable bonds is 0. The molecular weight excluding hydrogens is 89.0 g/mol. The van der Waals surface area contributed by atoms with E-state index in [1.54, 1.807) is 0 Å². The fourth-order valence-corrected chi connectivity index (χ4v) is 0. The second-order valence-electron chi connectivity index (χ2n) is 0.0913. The predicted molar refractivity (Wildman–Crippen MR) is 21.3 cm³/mol. The molecule has 0 aromatic heterocycles. The van der Waals surface area contributed by atoms with Gasteiger partial charge in [0.15, 0.2) is 0 Å². The van der Waals surface area contributed by atoms with Crippen LogP contribution >= 0.6 is 8.69 Å². The van der Waals surface area contributed by atoms with Crippen LogP contribution in [-0.4, -0.2) is 11.9 Å². The van der Waals surface area contributed by atoms with Crippen molar-refractivity contribution in [2.45, 2.75) is 0 Å². The zero-order valence-electron chi connectivity index (χ0n) is 2.93. The van der Waals surface area contributed by atoms with E-state index in [9.17, 15) is 0 Å². The highest BCUT2D eigenvalue weighted by Crippen LogP contribution is 1.66. The minimum absolute atomic E-state index is 1.17. The lowest BCUT2D eigenvalue weighted by atomic mass is 11.6. The zero-order chi connectivity index (χ0) is 4.71. The maximum atomic E-state index is 8.51. The molecule has 0 spiro atoms. The molecule has 0 aliphatic carbocycles. The van der Waals surface area contributed by atoms with Gasteiger partial charge in [-0.1, -0.05) is 0 Å². The second-order valence-corrected chi connectivity index (χ2v) is 0.274. The maximum Gasteiger partial charge on any atom is 0.491 e. The van der Waals surface area contributed by atoms with Crippen molar-refractivity contribution in [1.82, 2.24) is 0 Å². The molecule has 0 aliphatic rings. The Hall–Kier alpha value is 0.0200. The quantitative estimate of drug-likeness (QED) is 0.399. The molecule has 32 valence electrons. The lowest BCUT2D eigenvalue weighted by Gasteiger charge is -1.19. The van der Waals surface area contributed by atoms with Gasteiger partial charge < -0.3 is 5.73 Å². The van der Waals surface area contributed by atoms with Gasteiger partial charge in [0.1, 0.15) is 0 Å². The van der Waals surface area contributed by atoms with Crippen LogP contribution in [0.2, 0.25) is 0 Å². The summed E-state index contributed by atoms with van der Waals surface area (Å²) in [6, 6.07) is 0. The Morgan fingerprint density at radius 3 is 1.80 bits per heavy atom. The average molecular weight is 96.0 g/mol. The fraction of sp³-hybridized carbons (Fsp3) is 1.00. The molecule has 3 N–H and O–H groups in total. The predicted octanol–water partition coefficient (Wildman–Crippen LogP) is -0.507.